The van der Waals surface area contributed by atoms with Crippen LogP contribution in [0.1, 0.15) is 30.5 Å². The van der Waals surface area contributed by atoms with Crippen molar-refractivity contribution in [1.29, 1.82) is 0 Å². The fourth-order valence-corrected chi connectivity index (χ4v) is 4.10. The lowest BCUT2D eigenvalue weighted by atomic mass is 10.1. The summed E-state index contributed by atoms with van der Waals surface area (Å²) in [4.78, 5) is 7.24. The van der Waals surface area contributed by atoms with Crippen LogP contribution >= 0.6 is 12.2 Å². The Morgan fingerprint density at radius 3 is 2.95 bits per heavy atom. The largest absolute Gasteiger partial charge is 0.344 e. The van der Waals surface area contributed by atoms with E-state index in [2.05, 4.69) is 14.5 Å². The number of sulfone groups is 1. The van der Waals surface area contributed by atoms with Crippen LogP contribution in [-0.4, -0.2) is 29.2 Å². The van der Waals surface area contributed by atoms with Gasteiger partial charge in [-0.1, -0.05) is 18.6 Å². The first-order valence-electron chi connectivity index (χ1n) is 6.73. The van der Waals surface area contributed by atoms with Crippen LogP contribution in [0, 0.1) is 4.64 Å². The number of hydrogen-bond acceptors (Lipinski definition) is 4. The molecule has 0 bridgehead atoms. The highest BCUT2D eigenvalue weighted by Gasteiger charge is 2.22. The van der Waals surface area contributed by atoms with Crippen LogP contribution in [0.2, 0.25) is 0 Å². The topological polar surface area (TPSA) is 67.8 Å². The zero-order valence-corrected chi connectivity index (χ0v) is 13.0. The lowest BCUT2D eigenvalue weighted by molar-refractivity contribution is 0.600. The van der Waals surface area contributed by atoms with Gasteiger partial charge in [0.2, 0.25) is 0 Å². The molecule has 2 aromatic rings. The zero-order chi connectivity index (χ0) is 14.3. The molecule has 0 saturated carbocycles. The Morgan fingerprint density at radius 1 is 1.40 bits per heavy atom. The van der Waals surface area contributed by atoms with Crippen LogP contribution in [0.4, 0.5) is 0 Å². The molecule has 0 radical (unpaired) electrons. The summed E-state index contributed by atoms with van der Waals surface area (Å²) in [5.41, 5.74) is 3.71. The monoisotopic (exact) mass is 311 g/mol. The number of nitrogens with one attached hydrogen (secondary N) is 1. The second-order valence-corrected chi connectivity index (χ2v) is 7.92. The van der Waals surface area contributed by atoms with Crippen LogP contribution in [0.3, 0.4) is 0 Å². The Morgan fingerprint density at radius 2 is 2.20 bits per heavy atom. The van der Waals surface area contributed by atoms with Crippen molar-refractivity contribution in [2.24, 2.45) is 0 Å². The van der Waals surface area contributed by atoms with Crippen molar-refractivity contribution in [3.63, 3.8) is 0 Å². The molecule has 2 aromatic heterocycles. The van der Waals surface area contributed by atoms with E-state index in [1.54, 1.807) is 6.33 Å². The number of nitrogens with zero attached hydrogens (tertiary/aromatic N) is 2. The average Bonchev–Trinajstić information content (AvgIpc) is 2.53. The summed E-state index contributed by atoms with van der Waals surface area (Å²) in [5.74, 6) is 0.0567. The standard InChI is InChI=1S/C13H17N3O2S2/c1-20(17,18)7-9-10-5-3-2-4-6-16(10)12-11(9)14-8-15-13(12)19/h8H,2-7H2,1H3,(H,14,15,19). The van der Waals surface area contributed by atoms with Gasteiger partial charge in [0.1, 0.15) is 5.52 Å². The van der Waals surface area contributed by atoms with Crippen LogP contribution in [0.15, 0.2) is 6.33 Å². The smallest absolute Gasteiger partial charge is 0.153 e. The van der Waals surface area contributed by atoms with Gasteiger partial charge in [0, 0.05) is 24.1 Å². The first kappa shape index (κ1) is 13.8. The van der Waals surface area contributed by atoms with E-state index >= 15 is 0 Å². The van der Waals surface area contributed by atoms with E-state index in [-0.39, 0.29) is 5.75 Å². The van der Waals surface area contributed by atoms with Crippen molar-refractivity contribution in [1.82, 2.24) is 14.5 Å². The second kappa shape index (κ2) is 4.96. The van der Waals surface area contributed by atoms with Gasteiger partial charge in [-0.25, -0.2) is 13.4 Å². The summed E-state index contributed by atoms with van der Waals surface area (Å²) in [6, 6.07) is 0. The fraction of sp³-hybridized carbons (Fsp3) is 0.538. The molecule has 3 heterocycles. The molecule has 0 aliphatic carbocycles. The summed E-state index contributed by atoms with van der Waals surface area (Å²) in [5, 5.41) is 0. The third-order valence-corrected chi connectivity index (χ3v) is 4.89. The molecule has 0 amide bonds. The Kier molecular flexibility index (Phi) is 3.41. The molecule has 1 aliphatic heterocycles. The average molecular weight is 311 g/mol. The molecule has 1 N–H and O–H groups in total. The Hall–Kier alpha value is -1.21. The Bertz CT molecular complexity index is 818. The quantitative estimate of drug-likeness (QED) is 0.865. The second-order valence-electron chi connectivity index (χ2n) is 5.39. The molecule has 5 nitrogen and oxygen atoms in total. The van der Waals surface area contributed by atoms with E-state index in [1.165, 1.54) is 6.26 Å². The molecule has 0 fully saturated rings. The molecule has 3 rings (SSSR count). The van der Waals surface area contributed by atoms with E-state index in [4.69, 9.17) is 12.2 Å². The summed E-state index contributed by atoms with van der Waals surface area (Å²) < 4.78 is 26.2. The normalized spacial score (nSPS) is 16.1. The molecule has 20 heavy (non-hydrogen) atoms. The Balaban J connectivity index is 2.35. The van der Waals surface area contributed by atoms with Gasteiger partial charge < -0.3 is 9.55 Å². The Labute approximate surface area is 123 Å². The van der Waals surface area contributed by atoms with Crippen LogP contribution in [-0.2, 0) is 28.6 Å². The van der Waals surface area contributed by atoms with E-state index in [0.717, 1.165) is 54.5 Å². The van der Waals surface area contributed by atoms with E-state index in [1.807, 2.05) is 0 Å². The van der Waals surface area contributed by atoms with Gasteiger partial charge in [-0.15, -0.1) is 0 Å². The molecule has 0 spiro atoms. The van der Waals surface area contributed by atoms with Crippen LogP contribution < -0.4 is 0 Å². The molecule has 0 saturated heterocycles. The summed E-state index contributed by atoms with van der Waals surface area (Å²) in [6.07, 6.45) is 7.08. The van der Waals surface area contributed by atoms with Gasteiger partial charge in [0.05, 0.1) is 17.6 Å². The molecule has 0 atom stereocenters. The third kappa shape index (κ3) is 2.40. The number of rotatable bonds is 2. The van der Waals surface area contributed by atoms with Gasteiger partial charge >= 0.3 is 0 Å². The molecular weight excluding hydrogens is 294 g/mol. The first-order valence-corrected chi connectivity index (χ1v) is 9.19. The van der Waals surface area contributed by atoms with Gasteiger partial charge in [-0.05, 0) is 19.3 Å². The highest BCUT2D eigenvalue weighted by molar-refractivity contribution is 7.89. The third-order valence-electron chi connectivity index (χ3n) is 3.78. The van der Waals surface area contributed by atoms with Gasteiger partial charge in [0.15, 0.2) is 14.5 Å². The minimum atomic E-state index is -3.08. The van der Waals surface area contributed by atoms with E-state index < -0.39 is 9.84 Å². The summed E-state index contributed by atoms with van der Waals surface area (Å²) in [7, 11) is -3.08. The minimum Gasteiger partial charge on any atom is -0.344 e. The van der Waals surface area contributed by atoms with Crippen molar-refractivity contribution in [3.8, 4) is 0 Å². The van der Waals surface area contributed by atoms with Crippen molar-refractivity contribution in [2.45, 2.75) is 38.0 Å². The van der Waals surface area contributed by atoms with Crippen molar-refractivity contribution in [2.75, 3.05) is 6.26 Å². The highest BCUT2D eigenvalue weighted by Crippen LogP contribution is 2.30. The van der Waals surface area contributed by atoms with Gasteiger partial charge in [-0.2, -0.15) is 0 Å². The number of H-pyrrole nitrogens is 1. The van der Waals surface area contributed by atoms with E-state index in [0.29, 0.717) is 4.64 Å². The number of aromatic amines is 1. The molecule has 0 aromatic carbocycles. The van der Waals surface area contributed by atoms with Crippen molar-refractivity contribution in [3.05, 3.63) is 22.2 Å². The number of fused-ring (bicyclic) bond motifs is 3. The van der Waals surface area contributed by atoms with Crippen molar-refractivity contribution < 1.29 is 8.42 Å². The molecular formula is C13H17N3O2S2. The van der Waals surface area contributed by atoms with E-state index in [9.17, 15) is 8.42 Å². The number of hydrogen-bond donors (Lipinski definition) is 1. The maximum absolute atomic E-state index is 11.7. The fourth-order valence-electron chi connectivity index (χ4n) is 3.00. The lowest BCUT2D eigenvalue weighted by Crippen LogP contribution is -2.06. The number of aromatic nitrogens is 3. The number of aryl methyl sites for hydroxylation is 1. The van der Waals surface area contributed by atoms with Gasteiger partial charge in [0.25, 0.3) is 0 Å². The molecule has 7 heteroatoms. The molecule has 108 valence electrons. The zero-order valence-electron chi connectivity index (χ0n) is 11.3. The SMILES string of the molecule is CS(=O)(=O)Cc1c2n(c3c(=S)nc[nH]c13)CCCCC2. The summed E-state index contributed by atoms with van der Waals surface area (Å²) >= 11 is 5.34. The maximum atomic E-state index is 11.7. The molecule has 1 aliphatic rings. The molecule has 0 unspecified atom stereocenters. The maximum Gasteiger partial charge on any atom is 0.153 e. The van der Waals surface area contributed by atoms with Crippen molar-refractivity contribution >= 4 is 33.1 Å². The van der Waals surface area contributed by atoms with Gasteiger partial charge in [-0.3, -0.25) is 0 Å². The minimum absolute atomic E-state index is 0.0567. The lowest BCUT2D eigenvalue weighted by Gasteiger charge is -2.06. The first-order chi connectivity index (χ1) is 9.47. The van der Waals surface area contributed by atoms with Crippen LogP contribution in [0.5, 0.6) is 0 Å². The van der Waals surface area contributed by atoms with Crippen LogP contribution in [0.25, 0.3) is 11.0 Å². The predicted molar refractivity (Wildman–Crippen MR) is 81.0 cm³/mol. The predicted octanol–water partition coefficient (Wildman–Crippen LogP) is 2.36. The summed E-state index contributed by atoms with van der Waals surface area (Å²) in [6.45, 7) is 0.888. The highest BCUT2D eigenvalue weighted by atomic mass is 32.2.